The molecule has 0 aliphatic heterocycles. The van der Waals surface area contributed by atoms with Crippen molar-refractivity contribution in [3.63, 3.8) is 0 Å². The molecule has 12 heavy (non-hydrogen) atoms. The third-order valence-corrected chi connectivity index (χ3v) is 1.37. The molecule has 0 radical (unpaired) electrons. The molecule has 0 aliphatic rings. The average molecular weight is 178 g/mol. The molecule has 1 aromatic carbocycles. The zero-order valence-corrected chi connectivity index (χ0v) is 5.74. The molecular formula is C6H5F3N2O. The number of hydrogen-bond acceptors (Lipinski definition) is 3. The highest BCUT2D eigenvalue weighted by Crippen LogP contribution is 2.33. The summed E-state index contributed by atoms with van der Waals surface area (Å²) in [5.41, 5.74) is 7.68. The van der Waals surface area contributed by atoms with E-state index in [1.54, 1.807) is 0 Å². The number of nitrogens with two attached hydrogens (primary N) is 2. The lowest BCUT2D eigenvalue weighted by molar-refractivity contribution is 0.404. The van der Waals surface area contributed by atoms with Crippen molar-refractivity contribution in [1.29, 1.82) is 0 Å². The Hall–Kier alpha value is -1.59. The van der Waals surface area contributed by atoms with E-state index in [0.29, 0.717) is 0 Å². The first kappa shape index (κ1) is 8.51. The van der Waals surface area contributed by atoms with Crippen molar-refractivity contribution in [2.45, 2.75) is 0 Å². The van der Waals surface area contributed by atoms with Gasteiger partial charge in [-0.3, -0.25) is 0 Å². The standard InChI is InChI=1S/C6H5F3N2O/c7-1-2(8)6(12)5(11)3(9)4(1)10/h12H,10-11H2. The average Bonchev–Trinajstić information content (AvgIpc) is 2.08. The molecule has 0 heterocycles. The molecule has 66 valence electrons. The minimum atomic E-state index is -1.65. The van der Waals surface area contributed by atoms with Crippen molar-refractivity contribution in [2.75, 3.05) is 11.5 Å². The Morgan fingerprint density at radius 3 is 1.83 bits per heavy atom. The van der Waals surface area contributed by atoms with Crippen molar-refractivity contribution in [1.82, 2.24) is 0 Å². The van der Waals surface area contributed by atoms with Gasteiger partial charge in [0.1, 0.15) is 11.4 Å². The molecule has 0 saturated heterocycles. The van der Waals surface area contributed by atoms with Crippen LogP contribution < -0.4 is 11.5 Å². The van der Waals surface area contributed by atoms with Crippen LogP contribution in [0.3, 0.4) is 0 Å². The Kier molecular flexibility index (Phi) is 1.75. The van der Waals surface area contributed by atoms with E-state index >= 15 is 0 Å². The summed E-state index contributed by atoms with van der Waals surface area (Å²) in [6, 6.07) is 0. The number of hydrogen-bond donors (Lipinski definition) is 3. The number of anilines is 2. The smallest absolute Gasteiger partial charge is 0.204 e. The van der Waals surface area contributed by atoms with E-state index < -0.39 is 34.6 Å². The molecule has 0 saturated carbocycles. The van der Waals surface area contributed by atoms with Crippen LogP contribution in [0.1, 0.15) is 0 Å². The predicted molar refractivity (Wildman–Crippen MR) is 36.8 cm³/mol. The zero-order chi connectivity index (χ0) is 9.46. The Morgan fingerprint density at radius 2 is 1.33 bits per heavy atom. The third-order valence-electron chi connectivity index (χ3n) is 1.37. The lowest BCUT2D eigenvalue weighted by atomic mass is 10.2. The highest BCUT2D eigenvalue weighted by Gasteiger charge is 2.20. The van der Waals surface area contributed by atoms with E-state index in [-0.39, 0.29) is 0 Å². The molecule has 0 aliphatic carbocycles. The van der Waals surface area contributed by atoms with Crippen LogP contribution in [0.25, 0.3) is 0 Å². The Morgan fingerprint density at radius 1 is 0.833 bits per heavy atom. The van der Waals surface area contributed by atoms with Crippen LogP contribution in [0, 0.1) is 17.5 Å². The number of rotatable bonds is 0. The summed E-state index contributed by atoms with van der Waals surface area (Å²) in [5, 5.41) is 8.66. The van der Waals surface area contributed by atoms with E-state index in [0.717, 1.165) is 0 Å². The topological polar surface area (TPSA) is 72.3 Å². The number of phenolic OH excluding ortho intramolecular Hbond substituents is 1. The molecule has 0 spiro atoms. The Bertz CT molecular complexity index is 235. The summed E-state index contributed by atoms with van der Waals surface area (Å²) in [6.45, 7) is 0. The number of aromatic hydroxyl groups is 1. The van der Waals surface area contributed by atoms with E-state index in [9.17, 15) is 13.2 Å². The van der Waals surface area contributed by atoms with Crippen LogP contribution in [-0.2, 0) is 0 Å². The van der Waals surface area contributed by atoms with Crippen LogP contribution in [0.2, 0.25) is 0 Å². The van der Waals surface area contributed by atoms with Gasteiger partial charge >= 0.3 is 0 Å². The monoisotopic (exact) mass is 178 g/mol. The molecule has 0 bridgehead atoms. The van der Waals surface area contributed by atoms with E-state index in [1.807, 2.05) is 0 Å². The third kappa shape index (κ3) is 0.919. The number of halogens is 3. The van der Waals surface area contributed by atoms with Gasteiger partial charge in [-0.1, -0.05) is 0 Å². The van der Waals surface area contributed by atoms with Crippen molar-refractivity contribution in [3.8, 4) is 5.75 Å². The molecule has 6 heteroatoms. The summed E-state index contributed by atoms with van der Waals surface area (Å²) < 4.78 is 37.6. The maximum atomic E-state index is 12.6. The Balaban J connectivity index is 3.60. The second-order valence-corrected chi connectivity index (χ2v) is 2.12. The minimum Gasteiger partial charge on any atom is -0.503 e. The lowest BCUT2D eigenvalue weighted by Gasteiger charge is -2.05. The number of benzene rings is 1. The first-order chi connectivity index (χ1) is 5.46. The summed E-state index contributed by atoms with van der Waals surface area (Å²) in [6.07, 6.45) is 0. The second kappa shape index (κ2) is 2.47. The quantitative estimate of drug-likeness (QED) is 0.240. The van der Waals surface area contributed by atoms with E-state index in [1.165, 1.54) is 0 Å². The molecule has 3 nitrogen and oxygen atoms in total. The first-order valence-corrected chi connectivity index (χ1v) is 2.87. The van der Waals surface area contributed by atoms with Crippen molar-refractivity contribution >= 4 is 11.4 Å². The molecule has 1 aromatic rings. The predicted octanol–water partition coefficient (Wildman–Crippen LogP) is 0.974. The first-order valence-electron chi connectivity index (χ1n) is 2.87. The maximum absolute atomic E-state index is 12.6. The number of nitrogen functional groups attached to an aromatic ring is 2. The largest absolute Gasteiger partial charge is 0.503 e. The minimum absolute atomic E-state index is 0.897. The van der Waals surface area contributed by atoms with Gasteiger partial charge in [-0.05, 0) is 0 Å². The highest BCUT2D eigenvalue weighted by atomic mass is 19.2. The lowest BCUT2D eigenvalue weighted by Crippen LogP contribution is -2.03. The molecule has 0 unspecified atom stereocenters. The summed E-state index contributed by atoms with van der Waals surface area (Å²) in [5.74, 6) is -5.91. The summed E-state index contributed by atoms with van der Waals surface area (Å²) in [7, 11) is 0. The van der Waals surface area contributed by atoms with Crippen molar-refractivity contribution in [3.05, 3.63) is 17.5 Å². The Labute approximate surface area is 65.4 Å². The van der Waals surface area contributed by atoms with Crippen LogP contribution in [0.5, 0.6) is 5.75 Å². The SMILES string of the molecule is Nc1c(O)c(F)c(F)c(N)c1F. The molecule has 0 atom stereocenters. The van der Waals surface area contributed by atoms with E-state index in [4.69, 9.17) is 16.6 Å². The van der Waals surface area contributed by atoms with Crippen LogP contribution >= 0.6 is 0 Å². The van der Waals surface area contributed by atoms with Gasteiger partial charge in [0.2, 0.25) is 5.82 Å². The van der Waals surface area contributed by atoms with Crippen molar-refractivity contribution < 1.29 is 18.3 Å². The van der Waals surface area contributed by atoms with Gasteiger partial charge in [-0.15, -0.1) is 0 Å². The van der Waals surface area contributed by atoms with Gasteiger partial charge in [-0.25, -0.2) is 8.78 Å². The van der Waals surface area contributed by atoms with Gasteiger partial charge in [0.15, 0.2) is 17.4 Å². The molecule has 0 aromatic heterocycles. The van der Waals surface area contributed by atoms with Crippen LogP contribution in [-0.4, -0.2) is 5.11 Å². The zero-order valence-electron chi connectivity index (χ0n) is 5.74. The fourth-order valence-corrected chi connectivity index (χ4v) is 0.686. The normalized spacial score (nSPS) is 10.2. The van der Waals surface area contributed by atoms with Gasteiger partial charge in [-0.2, -0.15) is 4.39 Å². The molecule has 0 fully saturated rings. The fraction of sp³-hybridized carbons (Fsp3) is 0. The molecular weight excluding hydrogens is 173 g/mol. The van der Waals surface area contributed by atoms with Gasteiger partial charge < -0.3 is 16.6 Å². The summed E-state index contributed by atoms with van der Waals surface area (Å²) >= 11 is 0. The van der Waals surface area contributed by atoms with Crippen LogP contribution in [0.4, 0.5) is 24.5 Å². The highest BCUT2D eigenvalue weighted by molar-refractivity contribution is 5.63. The van der Waals surface area contributed by atoms with Gasteiger partial charge in [0, 0.05) is 0 Å². The van der Waals surface area contributed by atoms with Gasteiger partial charge in [0.25, 0.3) is 0 Å². The molecule has 5 N–H and O–H groups in total. The maximum Gasteiger partial charge on any atom is 0.204 e. The second-order valence-electron chi connectivity index (χ2n) is 2.12. The van der Waals surface area contributed by atoms with Crippen molar-refractivity contribution in [2.24, 2.45) is 0 Å². The van der Waals surface area contributed by atoms with Gasteiger partial charge in [0.05, 0.1) is 0 Å². The van der Waals surface area contributed by atoms with E-state index in [2.05, 4.69) is 0 Å². The number of phenols is 1. The summed E-state index contributed by atoms with van der Waals surface area (Å²) in [4.78, 5) is 0. The molecule has 0 amide bonds. The van der Waals surface area contributed by atoms with Crippen LogP contribution in [0.15, 0.2) is 0 Å². The fourth-order valence-electron chi connectivity index (χ4n) is 0.686. The molecule has 1 rings (SSSR count).